The van der Waals surface area contributed by atoms with Gasteiger partial charge in [0.25, 0.3) is 0 Å². The van der Waals surface area contributed by atoms with E-state index in [4.69, 9.17) is 5.73 Å². The van der Waals surface area contributed by atoms with E-state index in [0.717, 1.165) is 26.1 Å². The molecule has 0 aliphatic rings. The Morgan fingerprint density at radius 2 is 1.50 bits per heavy atom. The van der Waals surface area contributed by atoms with E-state index in [1.807, 2.05) is 0 Å². The first-order valence-corrected chi connectivity index (χ1v) is 4.64. The average molecular weight is 172 g/mol. The topological polar surface area (TPSA) is 30.3 Å². The van der Waals surface area contributed by atoms with Crippen LogP contribution in [0.15, 0.2) is 0 Å². The summed E-state index contributed by atoms with van der Waals surface area (Å²) in [7, 11) is 6.33. The molecule has 0 aromatic rings. The highest BCUT2D eigenvalue weighted by Gasteiger charge is 1.97. The van der Waals surface area contributed by atoms with E-state index in [2.05, 4.69) is 30.9 Å². The smallest absolute Gasteiger partial charge is 0.0112 e. The van der Waals surface area contributed by atoms with Crippen LogP contribution in [0.2, 0.25) is 0 Å². The van der Waals surface area contributed by atoms with Gasteiger partial charge in [-0.15, -0.1) is 0 Å². The lowest BCUT2D eigenvalue weighted by atomic mass is 10.3. The van der Waals surface area contributed by atoms with Crippen molar-refractivity contribution in [2.24, 2.45) is 0 Å². The number of hydrogen-bond acceptors (Lipinski definition) is 2. The maximum absolute atomic E-state index is 7.01. The summed E-state index contributed by atoms with van der Waals surface area (Å²) in [4.78, 5) is 4.51. The van der Waals surface area contributed by atoms with Crippen LogP contribution >= 0.6 is 0 Å². The minimum atomic E-state index is 0.554. The Balaban J connectivity index is 3.13. The molecular weight excluding hydrogens is 150 g/mol. The summed E-state index contributed by atoms with van der Waals surface area (Å²) in [6.45, 7) is 3.93. The number of nitrogens with zero attached hydrogens (tertiary/aromatic N) is 2. The van der Waals surface area contributed by atoms with Crippen molar-refractivity contribution >= 4 is 0 Å². The number of hydrogen-bond donors (Lipinski definition) is 0. The van der Waals surface area contributed by atoms with Crippen LogP contribution in [0.4, 0.5) is 0 Å². The fraction of sp³-hybridized carbons (Fsp3) is 1.00. The van der Waals surface area contributed by atoms with E-state index in [9.17, 15) is 0 Å². The number of rotatable bonds is 7. The molecule has 0 aromatic heterocycles. The molecule has 0 saturated heterocycles. The van der Waals surface area contributed by atoms with E-state index in [-0.39, 0.29) is 0 Å². The minimum Gasteiger partial charge on any atom is -0.309 e. The molecule has 0 aliphatic heterocycles. The lowest BCUT2D eigenvalue weighted by Crippen LogP contribution is -2.25. The molecule has 0 spiro atoms. The van der Waals surface area contributed by atoms with Gasteiger partial charge in [0.1, 0.15) is 0 Å². The summed E-state index contributed by atoms with van der Waals surface area (Å²) < 4.78 is 0. The van der Waals surface area contributed by atoms with E-state index in [0.29, 0.717) is 6.54 Å². The van der Waals surface area contributed by atoms with Gasteiger partial charge in [-0.3, -0.25) is 5.73 Å². The second-order valence-corrected chi connectivity index (χ2v) is 3.56. The molecule has 0 atom stereocenters. The van der Waals surface area contributed by atoms with Crippen LogP contribution in [0.3, 0.4) is 0 Å². The Kier molecular flexibility index (Phi) is 7.45. The van der Waals surface area contributed by atoms with Crippen molar-refractivity contribution in [1.82, 2.24) is 15.5 Å². The van der Waals surface area contributed by atoms with Crippen LogP contribution in [0.1, 0.15) is 12.8 Å². The molecular formula is C9H22N3. The summed E-state index contributed by atoms with van der Waals surface area (Å²) in [5.41, 5.74) is 7.01. The molecule has 0 saturated carbocycles. The zero-order chi connectivity index (χ0) is 9.40. The van der Waals surface area contributed by atoms with E-state index in [1.165, 1.54) is 6.42 Å². The van der Waals surface area contributed by atoms with Gasteiger partial charge in [0.2, 0.25) is 0 Å². The second kappa shape index (κ2) is 7.53. The predicted octanol–water partition coefficient (Wildman–Crippen LogP) is 0.543. The van der Waals surface area contributed by atoms with Gasteiger partial charge in [0, 0.05) is 6.54 Å². The van der Waals surface area contributed by atoms with Crippen molar-refractivity contribution in [3.05, 3.63) is 0 Å². The Bertz CT molecular complexity index is 93.8. The maximum Gasteiger partial charge on any atom is 0.0112 e. The molecule has 0 unspecified atom stereocenters. The predicted molar refractivity (Wildman–Crippen MR) is 53.2 cm³/mol. The molecule has 1 radical (unpaired) electrons. The quantitative estimate of drug-likeness (QED) is 0.561. The first-order valence-electron chi connectivity index (χ1n) is 4.64. The van der Waals surface area contributed by atoms with Crippen LogP contribution in [0, 0.1) is 0 Å². The van der Waals surface area contributed by atoms with Crippen LogP contribution in [-0.2, 0) is 0 Å². The molecule has 0 fully saturated rings. The molecule has 3 heteroatoms. The van der Waals surface area contributed by atoms with Crippen LogP contribution in [0.25, 0.3) is 0 Å². The SMILES string of the molecule is CN(C)CCCN(C)CCC[NH]. The van der Waals surface area contributed by atoms with Gasteiger partial charge >= 0.3 is 0 Å². The van der Waals surface area contributed by atoms with Crippen molar-refractivity contribution in [2.45, 2.75) is 12.8 Å². The third-order valence-corrected chi connectivity index (χ3v) is 1.86. The summed E-state index contributed by atoms with van der Waals surface area (Å²) in [6.07, 6.45) is 2.22. The summed E-state index contributed by atoms with van der Waals surface area (Å²) in [5, 5.41) is 0. The molecule has 0 aromatic carbocycles. The Morgan fingerprint density at radius 3 is 2.00 bits per heavy atom. The summed E-state index contributed by atoms with van der Waals surface area (Å²) in [6, 6.07) is 0. The Morgan fingerprint density at radius 1 is 0.917 bits per heavy atom. The third kappa shape index (κ3) is 7.98. The van der Waals surface area contributed by atoms with Crippen molar-refractivity contribution in [1.29, 1.82) is 0 Å². The van der Waals surface area contributed by atoms with E-state index >= 15 is 0 Å². The molecule has 1 N–H and O–H groups in total. The van der Waals surface area contributed by atoms with Gasteiger partial charge in [-0.25, -0.2) is 0 Å². The average Bonchev–Trinajstić information content (AvgIpc) is 2.00. The van der Waals surface area contributed by atoms with Gasteiger partial charge in [0.15, 0.2) is 0 Å². The third-order valence-electron chi connectivity index (χ3n) is 1.86. The van der Waals surface area contributed by atoms with Crippen molar-refractivity contribution in [3.63, 3.8) is 0 Å². The van der Waals surface area contributed by atoms with Crippen molar-refractivity contribution in [3.8, 4) is 0 Å². The van der Waals surface area contributed by atoms with Crippen LogP contribution in [-0.4, -0.2) is 57.1 Å². The van der Waals surface area contributed by atoms with Crippen molar-refractivity contribution < 1.29 is 0 Å². The Labute approximate surface area is 76.5 Å². The largest absolute Gasteiger partial charge is 0.309 e. The lowest BCUT2D eigenvalue weighted by Gasteiger charge is -2.17. The Hall–Kier alpha value is -0.120. The molecule has 0 rings (SSSR count). The lowest BCUT2D eigenvalue weighted by molar-refractivity contribution is 0.298. The molecule has 0 amide bonds. The summed E-state index contributed by atoms with van der Waals surface area (Å²) in [5.74, 6) is 0. The summed E-state index contributed by atoms with van der Waals surface area (Å²) >= 11 is 0. The molecule has 73 valence electrons. The highest BCUT2D eigenvalue weighted by Crippen LogP contribution is 1.90. The van der Waals surface area contributed by atoms with Crippen LogP contribution in [0.5, 0.6) is 0 Å². The monoisotopic (exact) mass is 172 g/mol. The molecule has 0 bridgehead atoms. The first-order chi connectivity index (χ1) is 5.66. The van der Waals surface area contributed by atoms with Gasteiger partial charge in [-0.05, 0) is 53.6 Å². The fourth-order valence-electron chi connectivity index (χ4n) is 1.12. The maximum atomic E-state index is 7.01. The minimum absolute atomic E-state index is 0.554. The second-order valence-electron chi connectivity index (χ2n) is 3.56. The van der Waals surface area contributed by atoms with E-state index in [1.54, 1.807) is 0 Å². The van der Waals surface area contributed by atoms with Crippen molar-refractivity contribution in [2.75, 3.05) is 47.3 Å². The van der Waals surface area contributed by atoms with Gasteiger partial charge in [0.05, 0.1) is 0 Å². The standard InChI is InChI=1S/C9H22N3/c1-11(2)7-5-9-12(3)8-4-6-10/h10H,4-9H2,1-3H3. The van der Waals surface area contributed by atoms with E-state index < -0.39 is 0 Å². The fourth-order valence-corrected chi connectivity index (χ4v) is 1.12. The zero-order valence-electron chi connectivity index (χ0n) is 8.64. The number of nitrogens with one attached hydrogen (secondary N) is 1. The van der Waals surface area contributed by atoms with Gasteiger partial charge < -0.3 is 9.80 Å². The molecule has 3 nitrogen and oxygen atoms in total. The normalized spacial score (nSPS) is 11.5. The zero-order valence-corrected chi connectivity index (χ0v) is 8.64. The highest BCUT2D eigenvalue weighted by molar-refractivity contribution is 4.53. The van der Waals surface area contributed by atoms with Gasteiger partial charge in [-0.2, -0.15) is 0 Å². The molecule has 12 heavy (non-hydrogen) atoms. The van der Waals surface area contributed by atoms with Gasteiger partial charge in [-0.1, -0.05) is 0 Å². The first kappa shape index (κ1) is 11.9. The highest BCUT2D eigenvalue weighted by atomic mass is 15.1. The van der Waals surface area contributed by atoms with Crippen LogP contribution < -0.4 is 5.73 Å². The molecule has 0 aliphatic carbocycles. The molecule has 0 heterocycles.